The van der Waals surface area contributed by atoms with Crippen LogP contribution in [0.15, 0.2) is 41.8 Å². The number of hydrogen-bond acceptors (Lipinski definition) is 4. The second-order valence-corrected chi connectivity index (χ2v) is 5.22. The first-order valence-corrected chi connectivity index (χ1v) is 6.84. The van der Waals surface area contributed by atoms with Gasteiger partial charge >= 0.3 is 5.97 Å². The monoisotopic (exact) mass is 290 g/mol. The first-order chi connectivity index (χ1) is 9.58. The maximum absolute atomic E-state index is 11.3. The number of hydrogen-bond donors (Lipinski definition) is 3. The summed E-state index contributed by atoms with van der Waals surface area (Å²) in [5.41, 5.74) is 6.31. The van der Waals surface area contributed by atoms with Gasteiger partial charge in [-0.05, 0) is 11.6 Å². The van der Waals surface area contributed by atoms with Crippen molar-refractivity contribution in [2.24, 2.45) is 5.73 Å². The normalized spacial score (nSPS) is 12.0. The predicted octanol–water partition coefficient (Wildman–Crippen LogP) is 1.76. The summed E-state index contributed by atoms with van der Waals surface area (Å²) in [6.45, 7) is 0.365. The molecule has 104 valence electrons. The van der Waals surface area contributed by atoms with Crippen molar-refractivity contribution in [2.45, 2.75) is 12.6 Å². The Balaban J connectivity index is 2.06. The van der Waals surface area contributed by atoms with E-state index < -0.39 is 17.9 Å². The smallest absolute Gasteiger partial charge is 0.325 e. The van der Waals surface area contributed by atoms with Crippen LogP contribution in [0.2, 0.25) is 0 Å². The zero-order chi connectivity index (χ0) is 14.5. The number of carboxylic acids is 1. The highest BCUT2D eigenvalue weighted by Gasteiger charge is 2.19. The second kappa shape index (κ2) is 6.31. The molecule has 0 saturated heterocycles. The van der Waals surface area contributed by atoms with Gasteiger partial charge in [-0.3, -0.25) is 14.9 Å². The lowest BCUT2D eigenvalue weighted by Gasteiger charge is -2.14. The minimum absolute atomic E-state index is 0.365. The lowest BCUT2D eigenvalue weighted by molar-refractivity contribution is -0.139. The highest BCUT2D eigenvalue weighted by molar-refractivity contribution is 7.10. The van der Waals surface area contributed by atoms with Crippen molar-refractivity contribution in [2.75, 3.05) is 0 Å². The van der Waals surface area contributed by atoms with E-state index in [0.717, 1.165) is 4.88 Å². The van der Waals surface area contributed by atoms with Gasteiger partial charge in [-0.25, -0.2) is 0 Å². The molecule has 0 aliphatic heterocycles. The van der Waals surface area contributed by atoms with Crippen LogP contribution < -0.4 is 11.1 Å². The first-order valence-electron chi connectivity index (χ1n) is 5.96. The van der Waals surface area contributed by atoms with Gasteiger partial charge in [0.05, 0.1) is 5.56 Å². The summed E-state index contributed by atoms with van der Waals surface area (Å²) >= 11 is 1.37. The molecule has 0 bridgehead atoms. The molecule has 4 N–H and O–H groups in total. The van der Waals surface area contributed by atoms with Crippen LogP contribution in [0.25, 0.3) is 0 Å². The summed E-state index contributed by atoms with van der Waals surface area (Å²) < 4.78 is 0. The highest BCUT2D eigenvalue weighted by Crippen LogP contribution is 2.17. The lowest BCUT2D eigenvalue weighted by Crippen LogP contribution is -2.27. The third-order valence-electron chi connectivity index (χ3n) is 2.80. The summed E-state index contributed by atoms with van der Waals surface area (Å²) in [4.78, 5) is 23.2. The minimum Gasteiger partial charge on any atom is -0.480 e. The molecule has 5 nitrogen and oxygen atoms in total. The number of aliphatic carboxylic acids is 1. The Bertz CT molecular complexity index is 610. The average molecular weight is 290 g/mol. The Kier molecular flexibility index (Phi) is 4.49. The van der Waals surface area contributed by atoms with Crippen molar-refractivity contribution >= 4 is 23.2 Å². The summed E-state index contributed by atoms with van der Waals surface area (Å²) in [6, 6.07) is 9.83. The molecule has 1 aromatic heterocycles. The summed E-state index contributed by atoms with van der Waals surface area (Å²) in [7, 11) is 0. The molecule has 0 fully saturated rings. The summed E-state index contributed by atoms with van der Waals surface area (Å²) in [5.74, 6) is -1.42. The Morgan fingerprint density at radius 2 is 2.00 bits per heavy atom. The molecular weight excluding hydrogens is 276 g/mol. The maximum Gasteiger partial charge on any atom is 0.325 e. The number of carbonyl (C=O) groups excluding carboxylic acids is 1. The van der Waals surface area contributed by atoms with Crippen molar-refractivity contribution in [3.05, 3.63) is 57.8 Å². The summed E-state index contributed by atoms with van der Waals surface area (Å²) in [6.07, 6.45) is 0. The van der Waals surface area contributed by atoms with Crippen molar-refractivity contribution in [1.29, 1.82) is 0 Å². The van der Waals surface area contributed by atoms with Crippen molar-refractivity contribution < 1.29 is 14.7 Å². The molecule has 0 aliphatic rings. The molecule has 1 amide bonds. The Morgan fingerprint density at radius 3 is 2.55 bits per heavy atom. The molecule has 0 saturated carbocycles. The van der Waals surface area contributed by atoms with E-state index in [-0.39, 0.29) is 0 Å². The van der Waals surface area contributed by atoms with Gasteiger partial charge < -0.3 is 10.8 Å². The number of carboxylic acid groups (broad SMARTS) is 1. The average Bonchev–Trinajstić information content (AvgIpc) is 2.89. The van der Waals surface area contributed by atoms with Gasteiger partial charge in [-0.1, -0.05) is 30.3 Å². The Morgan fingerprint density at radius 1 is 1.30 bits per heavy atom. The fraction of sp³-hybridized carbons (Fsp3) is 0.143. The van der Waals surface area contributed by atoms with E-state index in [1.165, 1.54) is 11.3 Å². The third kappa shape index (κ3) is 3.43. The van der Waals surface area contributed by atoms with E-state index >= 15 is 0 Å². The van der Waals surface area contributed by atoms with Crippen LogP contribution in [-0.4, -0.2) is 17.0 Å². The molecular formula is C14H14N2O3S. The van der Waals surface area contributed by atoms with Gasteiger partial charge in [0.2, 0.25) is 5.91 Å². The van der Waals surface area contributed by atoms with Crippen LogP contribution in [-0.2, 0) is 11.3 Å². The molecule has 1 heterocycles. The topological polar surface area (TPSA) is 92.4 Å². The van der Waals surface area contributed by atoms with Crippen LogP contribution >= 0.6 is 11.3 Å². The van der Waals surface area contributed by atoms with E-state index in [4.69, 9.17) is 5.73 Å². The number of benzene rings is 1. The molecule has 2 rings (SSSR count). The van der Waals surface area contributed by atoms with Gasteiger partial charge in [0.15, 0.2) is 0 Å². The largest absolute Gasteiger partial charge is 0.480 e. The lowest BCUT2D eigenvalue weighted by atomic mass is 10.1. The highest BCUT2D eigenvalue weighted by atomic mass is 32.1. The van der Waals surface area contributed by atoms with Crippen molar-refractivity contribution in [3.63, 3.8) is 0 Å². The van der Waals surface area contributed by atoms with Crippen LogP contribution in [0.4, 0.5) is 0 Å². The zero-order valence-corrected chi connectivity index (χ0v) is 11.4. The van der Waals surface area contributed by atoms with Gasteiger partial charge in [0.25, 0.3) is 0 Å². The fourth-order valence-corrected chi connectivity index (χ4v) is 2.62. The number of nitrogens with two attached hydrogens (primary N) is 1. The SMILES string of the molecule is NC(=O)c1csc(CNC(C(=O)O)c2ccccc2)c1. The van der Waals surface area contributed by atoms with E-state index in [0.29, 0.717) is 17.7 Å². The third-order valence-corrected chi connectivity index (χ3v) is 3.74. The fourth-order valence-electron chi connectivity index (χ4n) is 1.80. The number of carbonyl (C=O) groups is 2. The van der Waals surface area contributed by atoms with Gasteiger partial charge in [0.1, 0.15) is 6.04 Å². The van der Waals surface area contributed by atoms with E-state index in [1.54, 1.807) is 35.7 Å². The molecule has 1 aromatic carbocycles. The quantitative estimate of drug-likeness (QED) is 0.756. The number of amides is 1. The van der Waals surface area contributed by atoms with E-state index in [9.17, 15) is 14.7 Å². The Labute approximate surface area is 120 Å². The predicted molar refractivity (Wildman–Crippen MR) is 76.5 cm³/mol. The Hall–Kier alpha value is -2.18. The van der Waals surface area contributed by atoms with Crippen molar-refractivity contribution in [1.82, 2.24) is 5.32 Å². The summed E-state index contributed by atoms with van der Waals surface area (Å²) in [5, 5.41) is 13.9. The van der Waals surface area contributed by atoms with Crippen LogP contribution in [0.1, 0.15) is 26.8 Å². The number of primary amides is 1. The standard InChI is InChI=1S/C14H14N2O3S/c15-13(17)10-6-11(20-8-10)7-16-12(14(18)19)9-4-2-1-3-5-9/h1-6,8,12,16H,7H2,(H2,15,17)(H,18,19). The molecule has 1 unspecified atom stereocenters. The molecule has 20 heavy (non-hydrogen) atoms. The molecule has 6 heteroatoms. The molecule has 0 radical (unpaired) electrons. The molecule has 1 atom stereocenters. The van der Waals surface area contributed by atoms with Gasteiger partial charge in [0, 0.05) is 16.8 Å². The van der Waals surface area contributed by atoms with Crippen LogP contribution in [0, 0.1) is 0 Å². The van der Waals surface area contributed by atoms with Crippen LogP contribution in [0.3, 0.4) is 0 Å². The minimum atomic E-state index is -0.942. The van der Waals surface area contributed by atoms with E-state index in [1.807, 2.05) is 6.07 Å². The van der Waals surface area contributed by atoms with Gasteiger partial charge in [-0.2, -0.15) is 0 Å². The van der Waals surface area contributed by atoms with Crippen LogP contribution in [0.5, 0.6) is 0 Å². The van der Waals surface area contributed by atoms with Gasteiger partial charge in [-0.15, -0.1) is 11.3 Å². The molecule has 0 aliphatic carbocycles. The number of nitrogens with one attached hydrogen (secondary N) is 1. The first kappa shape index (κ1) is 14.2. The maximum atomic E-state index is 11.3. The molecule has 0 spiro atoms. The zero-order valence-electron chi connectivity index (χ0n) is 10.6. The molecule has 2 aromatic rings. The number of thiophene rings is 1. The number of rotatable bonds is 6. The van der Waals surface area contributed by atoms with E-state index in [2.05, 4.69) is 5.32 Å². The second-order valence-electron chi connectivity index (χ2n) is 4.23. The van der Waals surface area contributed by atoms with Crippen molar-refractivity contribution in [3.8, 4) is 0 Å².